The summed E-state index contributed by atoms with van der Waals surface area (Å²) in [5, 5.41) is 28.7. The highest BCUT2D eigenvalue weighted by atomic mass is 16.3. The molecule has 1 rings (SSSR count). The highest BCUT2D eigenvalue weighted by molar-refractivity contribution is 5.55. The van der Waals surface area contributed by atoms with Crippen molar-refractivity contribution in [2.45, 2.75) is 33.1 Å². The SMILES string of the molecule is Cc1cc(C(C)(C)CO)c(O)c(O)c1C. The average Bonchev–Trinajstić information content (AvgIpc) is 2.20. The first kappa shape index (κ1) is 11.9. The zero-order valence-electron chi connectivity index (χ0n) is 9.63. The van der Waals surface area contributed by atoms with E-state index < -0.39 is 5.41 Å². The normalized spacial score (nSPS) is 11.8. The highest BCUT2D eigenvalue weighted by Gasteiger charge is 2.26. The molecule has 3 N–H and O–H groups in total. The Balaban J connectivity index is 3.45. The molecular weight excluding hydrogens is 192 g/mol. The lowest BCUT2D eigenvalue weighted by Crippen LogP contribution is -2.22. The van der Waals surface area contributed by atoms with E-state index in [1.807, 2.05) is 20.8 Å². The fourth-order valence-corrected chi connectivity index (χ4v) is 1.49. The summed E-state index contributed by atoms with van der Waals surface area (Å²) in [6, 6.07) is 1.81. The lowest BCUT2D eigenvalue weighted by molar-refractivity contribution is 0.214. The summed E-state index contributed by atoms with van der Waals surface area (Å²) in [6.45, 7) is 7.17. The fraction of sp³-hybridized carbons (Fsp3) is 0.500. The minimum Gasteiger partial charge on any atom is -0.504 e. The smallest absolute Gasteiger partial charge is 0.161 e. The van der Waals surface area contributed by atoms with Crippen molar-refractivity contribution >= 4 is 0 Å². The molecular formula is C12H18O3. The van der Waals surface area contributed by atoms with E-state index in [0.29, 0.717) is 11.1 Å². The molecule has 84 valence electrons. The lowest BCUT2D eigenvalue weighted by Gasteiger charge is -2.25. The average molecular weight is 210 g/mol. The van der Waals surface area contributed by atoms with E-state index in [-0.39, 0.29) is 18.1 Å². The van der Waals surface area contributed by atoms with Gasteiger partial charge in [0.05, 0.1) is 6.61 Å². The molecule has 0 fully saturated rings. The minimum atomic E-state index is -0.556. The Bertz CT molecular complexity index is 381. The number of benzene rings is 1. The first-order valence-corrected chi connectivity index (χ1v) is 4.94. The van der Waals surface area contributed by atoms with Gasteiger partial charge in [-0.25, -0.2) is 0 Å². The van der Waals surface area contributed by atoms with Gasteiger partial charge < -0.3 is 15.3 Å². The van der Waals surface area contributed by atoms with Crippen LogP contribution < -0.4 is 0 Å². The maximum Gasteiger partial charge on any atom is 0.161 e. The second kappa shape index (κ2) is 3.74. The molecule has 0 unspecified atom stereocenters. The second-order valence-corrected chi connectivity index (χ2v) is 4.61. The Hall–Kier alpha value is -1.22. The van der Waals surface area contributed by atoms with Gasteiger partial charge in [0.15, 0.2) is 11.5 Å². The fourth-order valence-electron chi connectivity index (χ4n) is 1.49. The molecule has 0 aliphatic heterocycles. The number of rotatable bonds is 2. The first-order valence-electron chi connectivity index (χ1n) is 4.94. The van der Waals surface area contributed by atoms with Gasteiger partial charge in [0.25, 0.3) is 0 Å². The standard InChI is InChI=1S/C12H18O3/c1-7-5-9(12(3,4)6-13)11(15)10(14)8(7)2/h5,13-15H,6H2,1-4H3. The Kier molecular flexibility index (Phi) is 2.95. The molecule has 0 aromatic heterocycles. The van der Waals surface area contributed by atoms with Crippen LogP contribution in [-0.4, -0.2) is 21.9 Å². The topological polar surface area (TPSA) is 60.7 Å². The lowest BCUT2D eigenvalue weighted by atomic mass is 9.83. The quantitative estimate of drug-likeness (QED) is 0.654. The highest BCUT2D eigenvalue weighted by Crippen LogP contribution is 2.40. The molecule has 3 heteroatoms. The van der Waals surface area contributed by atoms with Crippen molar-refractivity contribution in [3.8, 4) is 11.5 Å². The van der Waals surface area contributed by atoms with E-state index in [1.54, 1.807) is 13.0 Å². The number of aryl methyl sites for hydroxylation is 1. The predicted octanol–water partition coefficient (Wildman–Crippen LogP) is 1.98. The minimum absolute atomic E-state index is 0.0809. The molecule has 0 amide bonds. The van der Waals surface area contributed by atoms with Crippen LogP contribution in [0.3, 0.4) is 0 Å². The molecule has 0 aliphatic rings. The third-order valence-corrected chi connectivity index (χ3v) is 2.91. The maximum absolute atomic E-state index is 9.81. The van der Waals surface area contributed by atoms with E-state index in [2.05, 4.69) is 0 Å². The zero-order chi connectivity index (χ0) is 11.8. The molecule has 0 saturated heterocycles. The van der Waals surface area contributed by atoms with Crippen molar-refractivity contribution in [3.05, 3.63) is 22.8 Å². The number of phenolic OH excluding ortho intramolecular Hbond substituents is 2. The molecule has 1 aromatic rings. The van der Waals surface area contributed by atoms with Gasteiger partial charge in [0.1, 0.15) is 0 Å². The van der Waals surface area contributed by atoms with Crippen LogP contribution in [0.5, 0.6) is 11.5 Å². The predicted molar refractivity (Wildman–Crippen MR) is 59.4 cm³/mol. The number of aliphatic hydroxyl groups is 1. The Morgan fingerprint density at radius 2 is 1.67 bits per heavy atom. The van der Waals surface area contributed by atoms with Gasteiger partial charge in [-0.05, 0) is 25.0 Å². The molecule has 15 heavy (non-hydrogen) atoms. The van der Waals surface area contributed by atoms with Crippen LogP contribution in [0.1, 0.15) is 30.5 Å². The molecule has 1 aromatic carbocycles. The van der Waals surface area contributed by atoms with Crippen LogP contribution >= 0.6 is 0 Å². The van der Waals surface area contributed by atoms with Crippen LogP contribution in [0.15, 0.2) is 6.07 Å². The summed E-state index contributed by atoms with van der Waals surface area (Å²) in [6.07, 6.45) is 0. The zero-order valence-corrected chi connectivity index (χ0v) is 9.63. The van der Waals surface area contributed by atoms with Crippen LogP contribution in [0, 0.1) is 13.8 Å². The van der Waals surface area contributed by atoms with Crippen molar-refractivity contribution in [3.63, 3.8) is 0 Å². The summed E-state index contributed by atoms with van der Waals surface area (Å²) in [5.74, 6) is -0.219. The molecule has 0 bridgehead atoms. The monoisotopic (exact) mass is 210 g/mol. The molecule has 0 heterocycles. The van der Waals surface area contributed by atoms with E-state index in [0.717, 1.165) is 5.56 Å². The molecule has 3 nitrogen and oxygen atoms in total. The van der Waals surface area contributed by atoms with Crippen LogP contribution in [-0.2, 0) is 5.41 Å². The van der Waals surface area contributed by atoms with Crippen LogP contribution in [0.2, 0.25) is 0 Å². The summed E-state index contributed by atoms with van der Waals surface area (Å²) in [5.41, 5.74) is 1.59. The van der Waals surface area contributed by atoms with Gasteiger partial charge in [-0.1, -0.05) is 19.9 Å². The van der Waals surface area contributed by atoms with Crippen molar-refractivity contribution in [1.29, 1.82) is 0 Å². The van der Waals surface area contributed by atoms with Crippen molar-refractivity contribution in [2.24, 2.45) is 0 Å². The van der Waals surface area contributed by atoms with Crippen molar-refractivity contribution in [2.75, 3.05) is 6.61 Å². The number of hydrogen-bond donors (Lipinski definition) is 3. The maximum atomic E-state index is 9.81. The first-order chi connectivity index (χ1) is 6.81. The third kappa shape index (κ3) is 1.92. The van der Waals surface area contributed by atoms with Crippen molar-refractivity contribution < 1.29 is 15.3 Å². The summed E-state index contributed by atoms with van der Waals surface area (Å²) in [4.78, 5) is 0. The summed E-state index contributed by atoms with van der Waals surface area (Å²) < 4.78 is 0. The number of aliphatic hydroxyl groups excluding tert-OH is 1. The van der Waals surface area contributed by atoms with E-state index in [4.69, 9.17) is 0 Å². The van der Waals surface area contributed by atoms with Gasteiger partial charge in [-0.3, -0.25) is 0 Å². The molecule has 0 radical (unpaired) electrons. The second-order valence-electron chi connectivity index (χ2n) is 4.61. The molecule has 0 saturated carbocycles. The van der Waals surface area contributed by atoms with Crippen molar-refractivity contribution in [1.82, 2.24) is 0 Å². The summed E-state index contributed by atoms with van der Waals surface area (Å²) in [7, 11) is 0. The summed E-state index contributed by atoms with van der Waals surface area (Å²) >= 11 is 0. The number of hydrogen-bond acceptors (Lipinski definition) is 3. The Labute approximate surface area is 90.0 Å². The Morgan fingerprint density at radius 1 is 1.13 bits per heavy atom. The largest absolute Gasteiger partial charge is 0.504 e. The van der Waals surface area contributed by atoms with Gasteiger partial charge in [-0.2, -0.15) is 0 Å². The van der Waals surface area contributed by atoms with E-state index in [9.17, 15) is 15.3 Å². The Morgan fingerprint density at radius 3 is 2.13 bits per heavy atom. The van der Waals surface area contributed by atoms with Gasteiger partial charge >= 0.3 is 0 Å². The molecule has 0 atom stereocenters. The van der Waals surface area contributed by atoms with Crippen LogP contribution in [0.4, 0.5) is 0 Å². The molecule has 0 spiro atoms. The molecule has 0 aliphatic carbocycles. The third-order valence-electron chi connectivity index (χ3n) is 2.91. The van der Waals surface area contributed by atoms with Gasteiger partial charge in [-0.15, -0.1) is 0 Å². The number of phenols is 2. The van der Waals surface area contributed by atoms with Gasteiger partial charge in [0.2, 0.25) is 0 Å². The number of aromatic hydroxyl groups is 2. The van der Waals surface area contributed by atoms with E-state index >= 15 is 0 Å². The van der Waals surface area contributed by atoms with Crippen LogP contribution in [0.25, 0.3) is 0 Å². The van der Waals surface area contributed by atoms with E-state index in [1.165, 1.54) is 0 Å². The van der Waals surface area contributed by atoms with Gasteiger partial charge in [0, 0.05) is 11.0 Å².